The highest BCUT2D eigenvalue weighted by molar-refractivity contribution is 5.80. The van der Waals surface area contributed by atoms with E-state index < -0.39 is 5.97 Å². The van der Waals surface area contributed by atoms with Gasteiger partial charge in [-0.3, -0.25) is 0 Å². The van der Waals surface area contributed by atoms with Crippen LogP contribution in [-0.2, 0) is 4.79 Å². The lowest BCUT2D eigenvalue weighted by Gasteiger charge is -2.58. The number of hydrogen-bond acceptors (Lipinski definition) is 1. The largest absolute Gasteiger partial charge is 0.478 e. The molecule has 22 heavy (non-hydrogen) atoms. The highest BCUT2D eigenvalue weighted by Crippen LogP contribution is 2.61. The van der Waals surface area contributed by atoms with Gasteiger partial charge in [-0.1, -0.05) is 44.9 Å². The van der Waals surface area contributed by atoms with Crippen molar-refractivity contribution in [2.75, 3.05) is 0 Å². The molecule has 0 radical (unpaired) electrons. The monoisotopic (exact) mass is 304 g/mol. The first kappa shape index (κ1) is 17.3. The second-order valence-electron chi connectivity index (χ2n) is 8.52. The van der Waals surface area contributed by atoms with Gasteiger partial charge in [-0.05, 0) is 68.1 Å². The van der Waals surface area contributed by atoms with Crippen molar-refractivity contribution >= 4 is 5.97 Å². The third-order valence-corrected chi connectivity index (χ3v) is 6.52. The second-order valence-corrected chi connectivity index (χ2v) is 8.52. The van der Waals surface area contributed by atoms with Gasteiger partial charge in [-0.2, -0.15) is 0 Å². The Kier molecular flexibility index (Phi) is 4.89. The zero-order valence-corrected chi connectivity index (χ0v) is 14.7. The highest BCUT2D eigenvalue weighted by Gasteiger charge is 2.52. The predicted octanol–water partition coefficient (Wildman–Crippen LogP) is 5.60. The number of hydrogen-bond donors (Lipinski definition) is 1. The van der Waals surface area contributed by atoms with Crippen LogP contribution in [0.2, 0.25) is 0 Å². The average molecular weight is 304 g/mol. The van der Waals surface area contributed by atoms with Crippen LogP contribution in [0.15, 0.2) is 23.8 Å². The van der Waals surface area contributed by atoms with Crippen molar-refractivity contribution in [2.45, 2.75) is 72.6 Å². The van der Waals surface area contributed by atoms with E-state index in [9.17, 15) is 4.79 Å². The first-order valence-electron chi connectivity index (χ1n) is 8.74. The number of carboxylic acid groups (broad SMARTS) is 1. The molecule has 3 unspecified atom stereocenters. The topological polar surface area (TPSA) is 37.3 Å². The van der Waals surface area contributed by atoms with Crippen molar-refractivity contribution in [2.24, 2.45) is 22.7 Å². The van der Waals surface area contributed by atoms with E-state index in [0.29, 0.717) is 16.7 Å². The van der Waals surface area contributed by atoms with Crippen LogP contribution in [-0.4, -0.2) is 11.1 Å². The minimum atomic E-state index is -0.831. The molecular formula is C20H32O2. The van der Waals surface area contributed by atoms with Gasteiger partial charge in [0, 0.05) is 6.08 Å². The Labute approximate surface area is 135 Å². The molecule has 2 fully saturated rings. The Morgan fingerprint density at radius 2 is 2.05 bits per heavy atom. The fourth-order valence-corrected chi connectivity index (χ4v) is 5.46. The van der Waals surface area contributed by atoms with E-state index in [1.54, 1.807) is 0 Å². The van der Waals surface area contributed by atoms with Crippen molar-refractivity contribution in [3.63, 3.8) is 0 Å². The summed E-state index contributed by atoms with van der Waals surface area (Å²) in [5.74, 6) is 0.485. The fourth-order valence-electron chi connectivity index (χ4n) is 5.46. The molecule has 2 saturated carbocycles. The van der Waals surface area contributed by atoms with E-state index in [0.717, 1.165) is 30.8 Å². The molecule has 3 atom stereocenters. The molecule has 0 heterocycles. The van der Waals surface area contributed by atoms with Crippen LogP contribution in [0.1, 0.15) is 72.6 Å². The third-order valence-electron chi connectivity index (χ3n) is 6.52. The van der Waals surface area contributed by atoms with E-state index in [1.165, 1.54) is 37.3 Å². The Balaban J connectivity index is 2.17. The van der Waals surface area contributed by atoms with Gasteiger partial charge in [0.2, 0.25) is 0 Å². The average Bonchev–Trinajstić information content (AvgIpc) is 2.35. The van der Waals surface area contributed by atoms with Gasteiger partial charge in [0.1, 0.15) is 0 Å². The number of allylic oxidation sites excluding steroid dienone is 2. The van der Waals surface area contributed by atoms with E-state index >= 15 is 0 Å². The van der Waals surface area contributed by atoms with E-state index in [2.05, 4.69) is 27.4 Å². The van der Waals surface area contributed by atoms with Crippen LogP contribution in [0.4, 0.5) is 0 Å². The van der Waals surface area contributed by atoms with E-state index in [-0.39, 0.29) is 0 Å². The molecule has 2 aliphatic rings. The second kappa shape index (κ2) is 6.22. The zero-order valence-electron chi connectivity index (χ0n) is 14.7. The molecule has 2 nitrogen and oxygen atoms in total. The first-order chi connectivity index (χ1) is 10.2. The maximum absolute atomic E-state index is 10.8. The van der Waals surface area contributed by atoms with Crippen LogP contribution in [0, 0.1) is 22.7 Å². The van der Waals surface area contributed by atoms with E-state index in [4.69, 9.17) is 5.11 Å². The molecule has 2 rings (SSSR count). The minimum Gasteiger partial charge on any atom is -0.478 e. The molecule has 0 amide bonds. The molecule has 124 valence electrons. The van der Waals surface area contributed by atoms with Crippen molar-refractivity contribution < 1.29 is 9.90 Å². The summed E-state index contributed by atoms with van der Waals surface area (Å²) in [6.07, 6.45) is 9.66. The molecule has 2 aliphatic carbocycles. The number of carbonyl (C=O) groups is 1. The highest BCUT2D eigenvalue weighted by atomic mass is 16.4. The lowest BCUT2D eigenvalue weighted by Crippen LogP contribution is -2.49. The predicted molar refractivity (Wildman–Crippen MR) is 91.7 cm³/mol. The molecule has 0 bridgehead atoms. The van der Waals surface area contributed by atoms with Crippen LogP contribution in [0.3, 0.4) is 0 Å². The van der Waals surface area contributed by atoms with Crippen molar-refractivity contribution in [3.05, 3.63) is 23.8 Å². The molecule has 0 aromatic heterocycles. The minimum absolute atomic E-state index is 0.348. The van der Waals surface area contributed by atoms with Crippen LogP contribution < -0.4 is 0 Å². The van der Waals surface area contributed by atoms with Crippen molar-refractivity contribution in [3.8, 4) is 0 Å². The molecule has 0 aromatic carbocycles. The van der Waals surface area contributed by atoms with Crippen molar-refractivity contribution in [1.82, 2.24) is 0 Å². The Bertz CT molecular complexity index is 486. The molecule has 0 saturated heterocycles. The number of carboxylic acids is 1. The standard InChI is InChI=1S/C20H32O2/c1-14(13-18(21)22)7-9-16-15(2)8-10-17-19(3,4)11-6-12-20(16,17)5/h13,16-17H,2,6-12H2,1,3-5H3,(H,21,22)/b14-13-. The van der Waals surface area contributed by atoms with E-state index in [1.807, 2.05) is 6.92 Å². The Hall–Kier alpha value is -1.05. The summed E-state index contributed by atoms with van der Waals surface area (Å²) in [6.45, 7) is 13.7. The van der Waals surface area contributed by atoms with Gasteiger partial charge in [0.05, 0.1) is 0 Å². The summed E-state index contributed by atoms with van der Waals surface area (Å²) in [5, 5.41) is 8.89. The van der Waals surface area contributed by atoms with Crippen molar-refractivity contribution in [1.29, 1.82) is 0 Å². The number of rotatable bonds is 4. The van der Waals surface area contributed by atoms with Gasteiger partial charge in [0.15, 0.2) is 0 Å². The normalized spacial score (nSPS) is 35.1. The molecule has 0 spiro atoms. The van der Waals surface area contributed by atoms with Gasteiger partial charge in [-0.25, -0.2) is 4.79 Å². The smallest absolute Gasteiger partial charge is 0.328 e. The lowest BCUT2D eigenvalue weighted by atomic mass is 9.47. The maximum atomic E-state index is 10.8. The first-order valence-corrected chi connectivity index (χ1v) is 8.74. The zero-order chi connectivity index (χ0) is 16.5. The fraction of sp³-hybridized carbons (Fsp3) is 0.750. The summed E-state index contributed by atoms with van der Waals surface area (Å²) in [5.41, 5.74) is 3.15. The number of aliphatic carboxylic acids is 1. The SMILES string of the molecule is C=C1CCC2C(C)(C)CCCC2(C)C1CC/C(C)=C\C(=O)O. The lowest BCUT2D eigenvalue weighted by molar-refractivity contribution is -0.131. The van der Waals surface area contributed by atoms with Crippen LogP contribution >= 0.6 is 0 Å². The molecule has 2 heteroatoms. The summed E-state index contributed by atoms with van der Waals surface area (Å²) in [4.78, 5) is 10.8. The quantitative estimate of drug-likeness (QED) is 0.542. The van der Waals surface area contributed by atoms with Crippen LogP contribution in [0.25, 0.3) is 0 Å². The summed E-state index contributed by atoms with van der Waals surface area (Å²) in [7, 11) is 0. The van der Waals surface area contributed by atoms with Gasteiger partial charge < -0.3 is 5.11 Å². The summed E-state index contributed by atoms with van der Waals surface area (Å²) < 4.78 is 0. The Morgan fingerprint density at radius 3 is 2.68 bits per heavy atom. The Morgan fingerprint density at radius 1 is 1.36 bits per heavy atom. The molecule has 1 N–H and O–H groups in total. The summed E-state index contributed by atoms with van der Waals surface area (Å²) in [6, 6.07) is 0. The van der Waals surface area contributed by atoms with Gasteiger partial charge in [-0.15, -0.1) is 0 Å². The molecule has 0 aromatic rings. The molecular weight excluding hydrogens is 272 g/mol. The van der Waals surface area contributed by atoms with Crippen LogP contribution in [0.5, 0.6) is 0 Å². The van der Waals surface area contributed by atoms with Gasteiger partial charge in [0.25, 0.3) is 0 Å². The third kappa shape index (κ3) is 3.31. The number of fused-ring (bicyclic) bond motifs is 1. The van der Waals surface area contributed by atoms with Gasteiger partial charge >= 0.3 is 5.97 Å². The molecule has 0 aliphatic heterocycles. The summed E-state index contributed by atoms with van der Waals surface area (Å²) >= 11 is 0. The maximum Gasteiger partial charge on any atom is 0.328 e.